The molecular formula is C56H80N4O2S. The van der Waals surface area contributed by atoms with E-state index in [-0.39, 0.29) is 5.41 Å². The summed E-state index contributed by atoms with van der Waals surface area (Å²) in [5.41, 5.74) is 4.19. The number of benzene rings is 1. The van der Waals surface area contributed by atoms with Crippen LogP contribution in [0.2, 0.25) is 0 Å². The topological polar surface area (TPSA) is 68.7 Å². The van der Waals surface area contributed by atoms with Gasteiger partial charge in [-0.1, -0.05) is 72.2 Å². The maximum absolute atomic E-state index is 11.5. The fourth-order valence-electron chi connectivity index (χ4n) is 13.5. The van der Waals surface area contributed by atoms with E-state index in [2.05, 4.69) is 117 Å². The second-order valence-electron chi connectivity index (χ2n) is 18.5. The third-order valence-electron chi connectivity index (χ3n) is 15.6. The van der Waals surface area contributed by atoms with Crippen molar-refractivity contribution in [2.75, 3.05) is 39.3 Å². The average molecular weight is 873 g/mol. The Morgan fingerprint density at radius 3 is 2.06 bits per heavy atom. The van der Waals surface area contributed by atoms with Crippen LogP contribution in [0.1, 0.15) is 129 Å². The summed E-state index contributed by atoms with van der Waals surface area (Å²) in [4.78, 5) is 19.7. The molecule has 63 heavy (non-hydrogen) atoms. The van der Waals surface area contributed by atoms with Crippen LogP contribution in [0.4, 0.5) is 0 Å². The lowest BCUT2D eigenvalue weighted by Crippen LogP contribution is -2.63. The van der Waals surface area contributed by atoms with E-state index in [1.165, 1.54) is 80.4 Å². The first-order valence-corrected chi connectivity index (χ1v) is 24.0. The minimum Gasteiger partial charge on any atom is -0.478 e. The van der Waals surface area contributed by atoms with E-state index in [0.29, 0.717) is 27.9 Å². The Labute approximate surface area is 389 Å². The van der Waals surface area contributed by atoms with Crippen LogP contribution in [-0.4, -0.2) is 70.1 Å². The fourth-order valence-corrected chi connectivity index (χ4v) is 14.4. The van der Waals surface area contributed by atoms with Gasteiger partial charge in [-0.3, -0.25) is 9.88 Å². The molecule has 4 unspecified atom stereocenters. The third-order valence-corrected chi connectivity index (χ3v) is 16.7. The molecule has 2 N–H and O–H groups in total. The number of carboxylic acids is 1. The van der Waals surface area contributed by atoms with E-state index in [4.69, 9.17) is 0 Å². The van der Waals surface area contributed by atoms with E-state index >= 15 is 0 Å². The van der Waals surface area contributed by atoms with Crippen molar-refractivity contribution in [2.45, 2.75) is 123 Å². The second-order valence-corrected chi connectivity index (χ2v) is 19.7. The summed E-state index contributed by atoms with van der Waals surface area (Å²) in [6.07, 6.45) is 53.8. The Morgan fingerprint density at radius 2 is 1.48 bits per heavy atom. The van der Waals surface area contributed by atoms with Crippen molar-refractivity contribution >= 4 is 23.5 Å². The molecule has 7 heteroatoms. The van der Waals surface area contributed by atoms with Crippen molar-refractivity contribution < 1.29 is 9.90 Å². The molecular weight excluding hydrogens is 793 g/mol. The van der Waals surface area contributed by atoms with Crippen LogP contribution in [0.3, 0.4) is 0 Å². The number of aromatic nitrogens is 1. The molecule has 0 spiro atoms. The zero-order valence-electron chi connectivity index (χ0n) is 39.9. The van der Waals surface area contributed by atoms with Crippen LogP contribution in [0.15, 0.2) is 72.4 Å². The molecule has 8 atom stereocenters. The molecule has 0 amide bonds. The monoisotopic (exact) mass is 873 g/mol. The van der Waals surface area contributed by atoms with Gasteiger partial charge in [-0.2, -0.15) is 0 Å². The summed E-state index contributed by atoms with van der Waals surface area (Å²) in [5.74, 6) is 3.16. The van der Waals surface area contributed by atoms with Gasteiger partial charge in [0.25, 0.3) is 0 Å². The van der Waals surface area contributed by atoms with Crippen LogP contribution in [0.25, 0.3) is 5.57 Å². The van der Waals surface area contributed by atoms with Crippen LogP contribution < -0.4 is 5.32 Å². The molecule has 6 nitrogen and oxygen atoms in total. The molecule has 1 aromatic heterocycles. The number of nitrogens with zero attached hydrogens (tertiary/aromatic N) is 3. The molecule has 2 heterocycles. The highest BCUT2D eigenvalue weighted by Crippen LogP contribution is 2.72. The number of allylic oxidation sites excluding steroid dienone is 3. The summed E-state index contributed by atoms with van der Waals surface area (Å²) in [7, 11) is 0. The average Bonchev–Trinajstić information content (AvgIpc) is 3.75. The number of carboxylic acid groups (broad SMARTS) is 1. The van der Waals surface area contributed by atoms with Crippen molar-refractivity contribution in [3.8, 4) is 51.4 Å². The number of carbonyl (C=O) groups is 1. The maximum Gasteiger partial charge on any atom is 0.335 e. The summed E-state index contributed by atoms with van der Waals surface area (Å²) < 4.78 is 2.50. The van der Waals surface area contributed by atoms with E-state index in [1.807, 2.05) is 63.3 Å². The standard InChI is InChI=1S/C43H60N4O2S.C3H6.C2H6.4C2H2/c1-40(2)34(30-9-11-31(12-10-30)39(48)49)15-19-42(4)37(40)17-20-41(3)35-16-21-43(18-5-8-36(43)33(35)13-14-38(41)42)45-23-24-46-25-27-47(28-26-46)50-32-7-6-22-44-29-32;1-3-2;5*1-2/h6-7,9-12,15,22,29,33,35-38,45H,5,8,13-14,16-21,23-28H2,1-4H3,(H,48,49);3H,1H2,2H3;1-2H3;4*1-2H/t33-,35?,36?,37?,38?,41-,42-,43-;;;;;;/m0....../s1. The molecule has 2 aromatic rings. The normalized spacial score (nSPS) is 30.8. The molecule has 1 aromatic carbocycles. The molecule has 342 valence electrons. The Kier molecular flexibility index (Phi) is 22.6. The van der Waals surface area contributed by atoms with E-state index in [0.717, 1.165) is 62.8 Å². The Balaban J connectivity index is 0.000000960. The van der Waals surface area contributed by atoms with Gasteiger partial charge in [-0.15, -0.1) is 58.0 Å². The fraction of sp³-hybridized carbons (Fsp3) is 0.571. The van der Waals surface area contributed by atoms with Gasteiger partial charge in [0, 0.05) is 62.1 Å². The zero-order chi connectivity index (χ0) is 47.4. The summed E-state index contributed by atoms with van der Waals surface area (Å²) >= 11 is 1.86. The van der Waals surface area contributed by atoms with Gasteiger partial charge < -0.3 is 10.4 Å². The maximum atomic E-state index is 11.5. The number of hydrogen-bond donors (Lipinski definition) is 2. The number of aromatic carboxylic acids is 1. The molecule has 8 rings (SSSR count). The number of pyridine rings is 1. The van der Waals surface area contributed by atoms with Gasteiger partial charge >= 0.3 is 5.97 Å². The van der Waals surface area contributed by atoms with Gasteiger partial charge in [0.15, 0.2) is 0 Å². The largest absolute Gasteiger partial charge is 0.478 e. The van der Waals surface area contributed by atoms with Crippen molar-refractivity contribution in [3.63, 3.8) is 0 Å². The van der Waals surface area contributed by atoms with Crippen molar-refractivity contribution in [1.82, 2.24) is 19.5 Å². The minimum absolute atomic E-state index is 0.0673. The first-order chi connectivity index (χ1) is 30.4. The van der Waals surface area contributed by atoms with Crippen LogP contribution in [0.5, 0.6) is 0 Å². The Hall–Kier alpha value is -4.21. The smallest absolute Gasteiger partial charge is 0.335 e. The van der Waals surface area contributed by atoms with E-state index in [9.17, 15) is 9.90 Å². The van der Waals surface area contributed by atoms with Crippen LogP contribution >= 0.6 is 11.9 Å². The number of rotatable bonds is 8. The summed E-state index contributed by atoms with van der Waals surface area (Å²) in [6, 6.07) is 11.9. The van der Waals surface area contributed by atoms with Crippen LogP contribution in [0, 0.1) is 97.2 Å². The van der Waals surface area contributed by atoms with Gasteiger partial charge in [0.2, 0.25) is 0 Å². The highest BCUT2D eigenvalue weighted by atomic mass is 32.2. The van der Waals surface area contributed by atoms with Gasteiger partial charge in [-0.25, -0.2) is 9.10 Å². The number of piperazine rings is 1. The summed E-state index contributed by atoms with van der Waals surface area (Å²) in [6.45, 7) is 26.5. The highest BCUT2D eigenvalue weighted by molar-refractivity contribution is 7.97. The first-order valence-electron chi connectivity index (χ1n) is 23.2. The van der Waals surface area contributed by atoms with E-state index < -0.39 is 5.97 Å². The molecule has 6 aliphatic rings. The zero-order valence-corrected chi connectivity index (χ0v) is 40.7. The van der Waals surface area contributed by atoms with Gasteiger partial charge in [0.1, 0.15) is 0 Å². The van der Waals surface area contributed by atoms with E-state index in [1.54, 1.807) is 18.2 Å². The minimum atomic E-state index is -0.849. The van der Waals surface area contributed by atoms with Crippen molar-refractivity contribution in [2.24, 2.45) is 45.8 Å². The molecule has 4 saturated carbocycles. The first kappa shape index (κ1) is 54.9. The third kappa shape index (κ3) is 11.9. The lowest BCUT2D eigenvalue weighted by Gasteiger charge is -2.68. The van der Waals surface area contributed by atoms with Crippen molar-refractivity contribution in [3.05, 3.63) is 78.6 Å². The molecule has 5 fully saturated rings. The van der Waals surface area contributed by atoms with Crippen molar-refractivity contribution in [1.29, 1.82) is 0 Å². The lowest BCUT2D eigenvalue weighted by atomic mass is 9.37. The Morgan fingerprint density at radius 1 is 0.841 bits per heavy atom. The van der Waals surface area contributed by atoms with Crippen LogP contribution in [-0.2, 0) is 0 Å². The summed E-state index contributed by atoms with van der Waals surface area (Å²) in [5, 5.41) is 13.8. The Bertz CT molecular complexity index is 1780. The highest BCUT2D eigenvalue weighted by Gasteiger charge is 2.65. The quantitative estimate of drug-likeness (QED) is 0.156. The number of terminal acetylenes is 4. The predicted octanol–water partition coefficient (Wildman–Crippen LogP) is 12.1. The molecule has 0 radical (unpaired) electrons. The predicted molar refractivity (Wildman–Crippen MR) is 271 cm³/mol. The number of fused-ring (bicyclic) bond motifs is 7. The second kappa shape index (κ2) is 25.9. The molecule has 1 saturated heterocycles. The number of hydrogen-bond acceptors (Lipinski definition) is 6. The molecule has 1 aliphatic heterocycles. The molecule has 0 bridgehead atoms. The lowest BCUT2D eigenvalue weighted by molar-refractivity contribution is -0.172. The SMILES string of the molecule is C#C.C#C.C#C.C#C.C=CC.CC.CC1(C)C(c2ccc(C(=O)O)cc2)=CC[C@@]2(C)C1CC[C@@]1(C)C3CC[C@@]4(NCCN5CCN(Sc6cccnc6)CC5)CCCC4[C@H]3CCC12. The molecule has 5 aliphatic carbocycles. The van der Waals surface area contributed by atoms with Gasteiger partial charge in [0.05, 0.1) is 5.56 Å². The number of nitrogens with one attached hydrogen (secondary N) is 1. The van der Waals surface area contributed by atoms with Gasteiger partial charge in [-0.05, 0) is 158 Å².